The van der Waals surface area contributed by atoms with Crippen molar-refractivity contribution in [2.75, 3.05) is 0 Å². The molecule has 3 aliphatic carbocycles. The third-order valence-electron chi connectivity index (χ3n) is 4.48. The fraction of sp³-hybridized carbons (Fsp3) is 0.692. The van der Waals surface area contributed by atoms with Crippen LogP contribution in [0.25, 0.3) is 0 Å². The normalized spacial score (nSPS) is 38.6. The van der Waals surface area contributed by atoms with Gasteiger partial charge in [0.25, 0.3) is 0 Å². The Kier molecular flexibility index (Phi) is 2.16. The summed E-state index contributed by atoms with van der Waals surface area (Å²) >= 11 is 0. The molecule has 2 N–H and O–H groups in total. The molecule has 0 aromatic heterocycles. The van der Waals surface area contributed by atoms with Gasteiger partial charge in [-0.2, -0.15) is 0 Å². The third-order valence-corrected chi connectivity index (χ3v) is 4.48. The molecule has 0 aliphatic heterocycles. The van der Waals surface area contributed by atoms with Crippen molar-refractivity contribution in [3.05, 3.63) is 11.3 Å². The van der Waals surface area contributed by atoms with E-state index in [1.165, 1.54) is 0 Å². The van der Waals surface area contributed by atoms with E-state index in [9.17, 15) is 9.59 Å². The second kappa shape index (κ2) is 3.44. The van der Waals surface area contributed by atoms with Crippen molar-refractivity contribution < 1.29 is 9.59 Å². The van der Waals surface area contributed by atoms with Crippen molar-refractivity contribution in [3.8, 4) is 0 Å². The largest absolute Gasteiger partial charge is 0.401 e. The number of carbonyl (C=O) groups is 2. The van der Waals surface area contributed by atoms with Crippen LogP contribution in [0.1, 0.15) is 38.5 Å². The number of carbonyl (C=O) groups excluding carboxylic acids is 2. The van der Waals surface area contributed by atoms with Gasteiger partial charge in [-0.25, -0.2) is 0 Å². The molecule has 0 aromatic carbocycles. The molecule has 0 aromatic rings. The van der Waals surface area contributed by atoms with Gasteiger partial charge in [0.05, 0.1) is 0 Å². The molecule has 0 amide bonds. The van der Waals surface area contributed by atoms with Crippen LogP contribution in [0.3, 0.4) is 0 Å². The molecule has 16 heavy (non-hydrogen) atoms. The quantitative estimate of drug-likeness (QED) is 0.672. The Labute approximate surface area is 95.1 Å². The van der Waals surface area contributed by atoms with Crippen molar-refractivity contribution in [1.29, 1.82) is 0 Å². The van der Waals surface area contributed by atoms with Crippen LogP contribution in [-0.4, -0.2) is 11.6 Å². The lowest BCUT2D eigenvalue weighted by Gasteiger charge is -2.30. The van der Waals surface area contributed by atoms with E-state index >= 15 is 0 Å². The molecule has 86 valence electrons. The van der Waals surface area contributed by atoms with Crippen molar-refractivity contribution in [3.63, 3.8) is 0 Å². The highest BCUT2D eigenvalue weighted by Gasteiger charge is 2.49. The van der Waals surface area contributed by atoms with E-state index in [1.807, 2.05) is 0 Å². The third kappa shape index (κ3) is 1.20. The summed E-state index contributed by atoms with van der Waals surface area (Å²) in [6, 6.07) is 0. The van der Waals surface area contributed by atoms with Crippen LogP contribution < -0.4 is 5.73 Å². The molecule has 3 atom stereocenters. The number of hydrogen-bond acceptors (Lipinski definition) is 3. The maximum Gasteiger partial charge on any atom is 0.160 e. The molecule has 0 spiro atoms. The van der Waals surface area contributed by atoms with Crippen LogP contribution in [-0.2, 0) is 9.59 Å². The summed E-state index contributed by atoms with van der Waals surface area (Å²) in [6.07, 6.45) is 5.16. The Bertz CT molecular complexity index is 397. The number of fused-ring (bicyclic) bond motifs is 3. The zero-order valence-corrected chi connectivity index (χ0v) is 9.37. The molecule has 3 aliphatic rings. The second-order valence-corrected chi connectivity index (χ2v) is 5.28. The molecule has 3 unspecified atom stereocenters. The summed E-state index contributed by atoms with van der Waals surface area (Å²) in [5.74, 6) is 0.945. The fourth-order valence-corrected chi connectivity index (χ4v) is 3.82. The van der Waals surface area contributed by atoms with Crippen LogP contribution in [0, 0.1) is 17.8 Å². The molecule has 0 radical (unpaired) electrons. The minimum atomic E-state index is 0.0491. The highest BCUT2D eigenvalue weighted by atomic mass is 16.1. The standard InChI is InChI=1S/C13H17NO2/c14-13-8-4-2-5-9(15)11(8)7-3-1-6-10(16)12(7)13/h7-8,11H,1-6,14H2. The summed E-state index contributed by atoms with van der Waals surface area (Å²) in [7, 11) is 0. The minimum absolute atomic E-state index is 0.0491. The molecule has 3 heteroatoms. The van der Waals surface area contributed by atoms with Crippen LogP contribution in [0.4, 0.5) is 0 Å². The predicted octanol–water partition coefficient (Wildman–Crippen LogP) is 1.57. The average molecular weight is 219 g/mol. The minimum Gasteiger partial charge on any atom is -0.401 e. The summed E-state index contributed by atoms with van der Waals surface area (Å²) in [5, 5.41) is 0. The fourth-order valence-electron chi connectivity index (χ4n) is 3.82. The van der Waals surface area contributed by atoms with Crippen molar-refractivity contribution in [1.82, 2.24) is 0 Å². The van der Waals surface area contributed by atoms with Gasteiger partial charge in [0.15, 0.2) is 5.78 Å². The van der Waals surface area contributed by atoms with E-state index in [1.54, 1.807) is 0 Å². The molecule has 0 bridgehead atoms. The van der Waals surface area contributed by atoms with E-state index in [4.69, 9.17) is 5.73 Å². The smallest absolute Gasteiger partial charge is 0.160 e. The Morgan fingerprint density at radius 2 is 1.69 bits per heavy atom. The topological polar surface area (TPSA) is 60.2 Å². The number of nitrogens with two attached hydrogens (primary N) is 1. The summed E-state index contributed by atoms with van der Waals surface area (Å²) in [5.41, 5.74) is 7.69. The SMILES string of the molecule is NC1=C2C(=O)CCCC2C2C(=O)CCCC12. The molecule has 2 fully saturated rings. The Hall–Kier alpha value is -1.12. The predicted molar refractivity (Wildman–Crippen MR) is 59.4 cm³/mol. The van der Waals surface area contributed by atoms with Crippen LogP contribution >= 0.6 is 0 Å². The van der Waals surface area contributed by atoms with Crippen LogP contribution in [0.2, 0.25) is 0 Å². The molecule has 0 heterocycles. The van der Waals surface area contributed by atoms with Crippen molar-refractivity contribution >= 4 is 11.6 Å². The van der Waals surface area contributed by atoms with Crippen LogP contribution in [0.15, 0.2) is 11.3 Å². The zero-order chi connectivity index (χ0) is 11.3. The first-order valence-electron chi connectivity index (χ1n) is 6.25. The van der Waals surface area contributed by atoms with Crippen molar-refractivity contribution in [2.24, 2.45) is 23.5 Å². The summed E-state index contributed by atoms with van der Waals surface area (Å²) < 4.78 is 0. The Morgan fingerprint density at radius 3 is 2.50 bits per heavy atom. The average Bonchev–Trinajstić information content (AvgIpc) is 2.56. The number of ketones is 2. The number of rotatable bonds is 0. The maximum atomic E-state index is 12.0. The number of allylic oxidation sites excluding steroid dienone is 2. The number of hydrogen-bond donors (Lipinski definition) is 1. The van der Waals surface area contributed by atoms with Gasteiger partial charge in [-0.3, -0.25) is 9.59 Å². The van der Waals surface area contributed by atoms with Crippen LogP contribution in [0.5, 0.6) is 0 Å². The molecule has 2 saturated carbocycles. The van der Waals surface area contributed by atoms with E-state index in [0.717, 1.165) is 37.0 Å². The van der Waals surface area contributed by atoms with Gasteiger partial charge < -0.3 is 5.73 Å². The van der Waals surface area contributed by atoms with Gasteiger partial charge in [-0.1, -0.05) is 0 Å². The summed E-state index contributed by atoms with van der Waals surface area (Å²) in [4.78, 5) is 23.9. The highest BCUT2D eigenvalue weighted by molar-refractivity contribution is 6.00. The van der Waals surface area contributed by atoms with E-state index in [-0.39, 0.29) is 23.5 Å². The van der Waals surface area contributed by atoms with E-state index < -0.39 is 0 Å². The Balaban J connectivity index is 2.03. The van der Waals surface area contributed by atoms with Gasteiger partial charge in [-0.15, -0.1) is 0 Å². The van der Waals surface area contributed by atoms with E-state index in [2.05, 4.69) is 0 Å². The van der Waals surface area contributed by atoms with E-state index in [0.29, 0.717) is 18.6 Å². The monoisotopic (exact) mass is 219 g/mol. The molecule has 0 saturated heterocycles. The molecule has 3 nitrogen and oxygen atoms in total. The summed E-state index contributed by atoms with van der Waals surface area (Å²) in [6.45, 7) is 0. The number of Topliss-reactive ketones (excluding diaryl/α,β-unsaturated/α-hetero) is 2. The lowest BCUT2D eigenvalue weighted by atomic mass is 9.72. The van der Waals surface area contributed by atoms with Gasteiger partial charge >= 0.3 is 0 Å². The lowest BCUT2D eigenvalue weighted by molar-refractivity contribution is -0.127. The van der Waals surface area contributed by atoms with Gasteiger partial charge in [0.2, 0.25) is 0 Å². The zero-order valence-electron chi connectivity index (χ0n) is 9.37. The first-order valence-corrected chi connectivity index (χ1v) is 6.25. The van der Waals surface area contributed by atoms with Gasteiger partial charge in [0.1, 0.15) is 5.78 Å². The highest BCUT2D eigenvalue weighted by Crippen LogP contribution is 2.50. The van der Waals surface area contributed by atoms with Gasteiger partial charge in [-0.05, 0) is 31.6 Å². The second-order valence-electron chi connectivity index (χ2n) is 5.28. The first-order chi connectivity index (χ1) is 7.70. The van der Waals surface area contributed by atoms with Gasteiger partial charge in [0, 0.05) is 35.9 Å². The maximum absolute atomic E-state index is 12.0. The molecular formula is C13H17NO2. The Morgan fingerprint density at radius 1 is 1.00 bits per heavy atom. The molecule has 3 rings (SSSR count). The molecular weight excluding hydrogens is 202 g/mol. The first kappa shape index (κ1) is 10.1. The van der Waals surface area contributed by atoms with Crippen molar-refractivity contribution in [2.45, 2.75) is 38.5 Å². The lowest BCUT2D eigenvalue weighted by Crippen LogP contribution is -2.33.